The first-order valence-corrected chi connectivity index (χ1v) is 10.6. The third kappa shape index (κ3) is 4.07. The zero-order valence-electron chi connectivity index (χ0n) is 16.5. The van der Waals surface area contributed by atoms with Gasteiger partial charge in [-0.15, -0.1) is 11.3 Å². The van der Waals surface area contributed by atoms with Crippen LogP contribution in [-0.4, -0.2) is 21.7 Å². The van der Waals surface area contributed by atoms with Crippen LogP contribution in [0.1, 0.15) is 24.6 Å². The molecule has 0 bridgehead atoms. The maximum atomic E-state index is 13.0. The molecule has 29 heavy (non-hydrogen) atoms. The number of hydrogen-bond donors (Lipinski definition) is 1. The lowest BCUT2D eigenvalue weighted by atomic mass is 10.1. The summed E-state index contributed by atoms with van der Waals surface area (Å²) in [4.78, 5) is 25.5. The van der Waals surface area contributed by atoms with Crippen LogP contribution in [0.3, 0.4) is 0 Å². The lowest BCUT2D eigenvalue weighted by molar-refractivity contribution is -0.122. The van der Waals surface area contributed by atoms with Gasteiger partial charge in [0.1, 0.15) is 6.54 Å². The standard InChI is InChI=1S/C23H23N3O2S/c1-15(12-13-17-8-4-3-5-9-17)24-20(27)14-26-23(28)21-18-10-6-7-11-19(18)29-22(21)16(2)25-26/h3-11,15H,12-14H2,1-2H3,(H,24,27)/t15-/m1/s1. The molecule has 0 saturated carbocycles. The number of aromatic nitrogens is 2. The Hall–Kier alpha value is -2.99. The van der Waals surface area contributed by atoms with Crippen LogP contribution >= 0.6 is 11.3 Å². The summed E-state index contributed by atoms with van der Waals surface area (Å²) < 4.78 is 3.24. The Kier molecular flexibility index (Phi) is 5.45. The molecule has 5 nitrogen and oxygen atoms in total. The summed E-state index contributed by atoms with van der Waals surface area (Å²) in [6.45, 7) is 3.79. The number of carbonyl (C=O) groups excluding carboxylic acids is 1. The zero-order valence-corrected chi connectivity index (χ0v) is 17.3. The third-order valence-electron chi connectivity index (χ3n) is 5.05. The molecule has 0 unspecified atom stereocenters. The Labute approximate surface area is 173 Å². The molecule has 4 rings (SSSR count). The molecule has 1 atom stereocenters. The van der Waals surface area contributed by atoms with E-state index in [4.69, 9.17) is 0 Å². The van der Waals surface area contributed by atoms with E-state index in [0.29, 0.717) is 5.39 Å². The fourth-order valence-corrected chi connectivity index (χ4v) is 4.71. The quantitative estimate of drug-likeness (QED) is 0.526. The van der Waals surface area contributed by atoms with E-state index in [9.17, 15) is 9.59 Å². The molecule has 0 spiro atoms. The van der Waals surface area contributed by atoms with E-state index in [1.165, 1.54) is 10.2 Å². The van der Waals surface area contributed by atoms with Crippen molar-refractivity contribution in [2.45, 2.75) is 39.3 Å². The van der Waals surface area contributed by atoms with Crippen LogP contribution in [0.4, 0.5) is 0 Å². The molecule has 0 fully saturated rings. The molecular weight excluding hydrogens is 382 g/mol. The van der Waals surface area contributed by atoms with Crippen LogP contribution in [0, 0.1) is 6.92 Å². The van der Waals surface area contributed by atoms with Crippen molar-refractivity contribution in [3.8, 4) is 0 Å². The van der Waals surface area contributed by atoms with E-state index in [0.717, 1.165) is 33.3 Å². The molecule has 0 aliphatic carbocycles. The van der Waals surface area contributed by atoms with Gasteiger partial charge in [-0.3, -0.25) is 9.59 Å². The maximum absolute atomic E-state index is 13.0. The smallest absolute Gasteiger partial charge is 0.276 e. The molecule has 148 valence electrons. The monoisotopic (exact) mass is 405 g/mol. The fraction of sp³-hybridized carbons (Fsp3) is 0.261. The largest absolute Gasteiger partial charge is 0.352 e. The van der Waals surface area contributed by atoms with Crippen molar-refractivity contribution in [1.82, 2.24) is 15.1 Å². The van der Waals surface area contributed by atoms with Crippen molar-refractivity contribution in [3.05, 3.63) is 76.2 Å². The predicted molar refractivity (Wildman–Crippen MR) is 118 cm³/mol. The molecule has 6 heteroatoms. The highest BCUT2D eigenvalue weighted by Gasteiger charge is 2.16. The molecule has 2 aromatic carbocycles. The Bertz CT molecular complexity index is 1230. The summed E-state index contributed by atoms with van der Waals surface area (Å²) in [5.41, 5.74) is 1.80. The van der Waals surface area contributed by atoms with Crippen LogP contribution < -0.4 is 10.9 Å². The summed E-state index contributed by atoms with van der Waals surface area (Å²) >= 11 is 1.57. The minimum absolute atomic E-state index is 0.0187. The fourth-order valence-electron chi connectivity index (χ4n) is 3.58. The van der Waals surface area contributed by atoms with E-state index in [2.05, 4.69) is 22.5 Å². The van der Waals surface area contributed by atoms with Crippen molar-refractivity contribution in [3.63, 3.8) is 0 Å². The molecule has 1 N–H and O–H groups in total. The van der Waals surface area contributed by atoms with Crippen molar-refractivity contribution >= 4 is 37.4 Å². The first-order valence-electron chi connectivity index (χ1n) is 9.75. The van der Waals surface area contributed by atoms with Crippen molar-refractivity contribution in [2.75, 3.05) is 0 Å². The highest BCUT2D eigenvalue weighted by molar-refractivity contribution is 7.26. The van der Waals surface area contributed by atoms with E-state index in [-0.39, 0.29) is 24.1 Å². The highest BCUT2D eigenvalue weighted by atomic mass is 32.1. The topological polar surface area (TPSA) is 64.0 Å². The average Bonchev–Trinajstić information content (AvgIpc) is 3.11. The molecule has 0 aliphatic rings. The van der Waals surface area contributed by atoms with Gasteiger partial charge in [0.25, 0.3) is 5.56 Å². The number of nitrogens with one attached hydrogen (secondary N) is 1. The number of fused-ring (bicyclic) bond motifs is 3. The van der Waals surface area contributed by atoms with Gasteiger partial charge >= 0.3 is 0 Å². The van der Waals surface area contributed by atoms with Gasteiger partial charge in [0.05, 0.1) is 15.8 Å². The maximum Gasteiger partial charge on any atom is 0.276 e. The van der Waals surface area contributed by atoms with E-state index < -0.39 is 0 Å². The number of thiophene rings is 1. The lowest BCUT2D eigenvalue weighted by Gasteiger charge is -2.14. The molecule has 0 aliphatic heterocycles. The summed E-state index contributed by atoms with van der Waals surface area (Å²) in [6.07, 6.45) is 1.73. The van der Waals surface area contributed by atoms with E-state index in [1.54, 1.807) is 11.3 Å². The van der Waals surface area contributed by atoms with Crippen LogP contribution in [-0.2, 0) is 17.8 Å². The molecule has 0 radical (unpaired) electrons. The first kappa shape index (κ1) is 19.3. The van der Waals surface area contributed by atoms with Gasteiger partial charge in [-0.1, -0.05) is 48.5 Å². The number of aryl methyl sites for hydroxylation is 2. The Morgan fingerprint density at radius 3 is 2.66 bits per heavy atom. The molecule has 2 heterocycles. The van der Waals surface area contributed by atoms with Crippen molar-refractivity contribution in [1.29, 1.82) is 0 Å². The van der Waals surface area contributed by atoms with Gasteiger partial charge in [-0.05, 0) is 38.3 Å². The van der Waals surface area contributed by atoms with Crippen LogP contribution in [0.5, 0.6) is 0 Å². The number of amides is 1. The van der Waals surface area contributed by atoms with E-state index >= 15 is 0 Å². The summed E-state index contributed by atoms with van der Waals surface area (Å²) in [5.74, 6) is -0.196. The number of nitrogens with zero attached hydrogens (tertiary/aromatic N) is 2. The normalized spacial score (nSPS) is 12.3. The Balaban J connectivity index is 1.50. The van der Waals surface area contributed by atoms with Crippen LogP contribution in [0.2, 0.25) is 0 Å². The minimum Gasteiger partial charge on any atom is -0.352 e. The molecule has 4 aromatic rings. The van der Waals surface area contributed by atoms with Crippen molar-refractivity contribution in [2.24, 2.45) is 0 Å². The van der Waals surface area contributed by atoms with Gasteiger partial charge in [0.2, 0.25) is 5.91 Å². The predicted octanol–water partition coefficient (Wildman–Crippen LogP) is 4.06. The second-order valence-electron chi connectivity index (χ2n) is 7.34. The first-order chi connectivity index (χ1) is 14.0. The van der Waals surface area contributed by atoms with Gasteiger partial charge in [-0.25, -0.2) is 4.68 Å². The second kappa shape index (κ2) is 8.17. The number of hydrogen-bond acceptors (Lipinski definition) is 4. The number of benzene rings is 2. The Morgan fingerprint density at radius 1 is 1.14 bits per heavy atom. The van der Waals surface area contributed by atoms with Gasteiger partial charge in [0.15, 0.2) is 0 Å². The number of rotatable bonds is 6. The molecule has 1 amide bonds. The molecule has 0 saturated heterocycles. The second-order valence-corrected chi connectivity index (χ2v) is 8.40. The lowest BCUT2D eigenvalue weighted by Crippen LogP contribution is -2.38. The van der Waals surface area contributed by atoms with E-state index in [1.807, 2.05) is 56.3 Å². The summed E-state index contributed by atoms with van der Waals surface area (Å²) in [6, 6.07) is 18.1. The summed E-state index contributed by atoms with van der Waals surface area (Å²) in [7, 11) is 0. The Morgan fingerprint density at radius 2 is 1.86 bits per heavy atom. The van der Waals surface area contributed by atoms with Gasteiger partial charge < -0.3 is 5.32 Å². The SMILES string of the molecule is Cc1nn(CC(=O)N[C@H](C)CCc2ccccc2)c(=O)c2c1sc1ccccc12. The molecule has 2 aromatic heterocycles. The van der Waals surface area contributed by atoms with Gasteiger partial charge in [0, 0.05) is 16.1 Å². The summed E-state index contributed by atoms with van der Waals surface area (Å²) in [5, 5.41) is 8.96. The third-order valence-corrected chi connectivity index (χ3v) is 6.33. The van der Waals surface area contributed by atoms with Crippen molar-refractivity contribution < 1.29 is 4.79 Å². The zero-order chi connectivity index (χ0) is 20.4. The van der Waals surface area contributed by atoms with Crippen LogP contribution in [0.15, 0.2) is 59.4 Å². The van der Waals surface area contributed by atoms with Gasteiger partial charge in [-0.2, -0.15) is 5.10 Å². The highest BCUT2D eigenvalue weighted by Crippen LogP contribution is 2.32. The minimum atomic E-state index is -0.213. The average molecular weight is 406 g/mol. The molecular formula is C23H23N3O2S. The number of carbonyl (C=O) groups is 1. The van der Waals surface area contributed by atoms with Crippen LogP contribution in [0.25, 0.3) is 20.2 Å².